The van der Waals surface area contributed by atoms with Crippen molar-refractivity contribution in [2.45, 2.75) is 41.5 Å². The largest absolute Gasteiger partial charge is 0.508 e. The predicted octanol–water partition coefficient (Wildman–Crippen LogP) is 4.98. The number of anilines is 1. The molecule has 6 unspecified atom stereocenters. The molecule has 6 atom stereocenters. The molecule has 4 amide bonds. The number of alkyl halides is 2. The Morgan fingerprint density at radius 3 is 2.08 bits per heavy atom. The molecule has 2 saturated heterocycles. The van der Waals surface area contributed by atoms with E-state index in [0.717, 1.165) is 10.5 Å². The molecular weight excluding hydrogens is 702 g/mol. The number of aromatic hydroxyl groups is 1. The molecule has 49 heavy (non-hydrogen) atoms. The molecule has 1 saturated carbocycles. The predicted molar refractivity (Wildman–Crippen MR) is 160 cm³/mol. The first kappa shape index (κ1) is 33.2. The second-order valence-corrected chi connectivity index (χ2v) is 13.6. The zero-order chi connectivity index (χ0) is 35.3. The summed E-state index contributed by atoms with van der Waals surface area (Å²) in [5.41, 5.74) is -0.928. The second kappa shape index (κ2) is 11.4. The van der Waals surface area contributed by atoms with Crippen molar-refractivity contribution < 1.29 is 55.8 Å². The van der Waals surface area contributed by atoms with Gasteiger partial charge in [0, 0.05) is 6.54 Å². The van der Waals surface area contributed by atoms with E-state index in [-0.39, 0.29) is 47.1 Å². The highest BCUT2D eigenvalue weighted by Gasteiger charge is 2.77. The molecule has 0 spiro atoms. The number of aliphatic hydroxyl groups is 1. The van der Waals surface area contributed by atoms with Crippen LogP contribution in [-0.2, 0) is 32.2 Å². The maximum absolute atomic E-state index is 15.1. The summed E-state index contributed by atoms with van der Waals surface area (Å²) in [6.07, 6.45) is 1.13. The number of imide groups is 2. The fourth-order valence-electron chi connectivity index (χ4n) is 7.70. The SMILES string of the molecule is O=C1C2CC=C3C(CC4(Cl)C(=O)N(c5c(F)c(F)c(F)c(F)c5F)C(=O)C4(Cl)C3c3ccc(CO)o3)C2C(=O)N1CCc1ccc(O)cc1. The molecular formula is C33H23Cl2F5N2O7. The molecule has 2 aliphatic heterocycles. The molecule has 2 N–H and O–H groups in total. The summed E-state index contributed by atoms with van der Waals surface area (Å²) in [6, 6.07) is 8.77. The molecule has 0 radical (unpaired) electrons. The first-order valence-electron chi connectivity index (χ1n) is 15.0. The van der Waals surface area contributed by atoms with Gasteiger partial charge in [-0.1, -0.05) is 23.8 Å². The van der Waals surface area contributed by atoms with Gasteiger partial charge >= 0.3 is 0 Å². The van der Waals surface area contributed by atoms with E-state index in [9.17, 15) is 42.6 Å². The lowest BCUT2D eigenvalue weighted by Gasteiger charge is -2.49. The van der Waals surface area contributed by atoms with Crippen molar-refractivity contribution >= 4 is 52.5 Å². The fraction of sp³-hybridized carbons (Fsp3) is 0.333. The number of furan rings is 1. The van der Waals surface area contributed by atoms with Crippen LogP contribution in [0.25, 0.3) is 0 Å². The first-order valence-corrected chi connectivity index (χ1v) is 15.7. The van der Waals surface area contributed by atoms with Gasteiger partial charge in [-0.15, -0.1) is 23.2 Å². The van der Waals surface area contributed by atoms with E-state index in [0.29, 0.717) is 0 Å². The summed E-state index contributed by atoms with van der Waals surface area (Å²) in [4.78, 5) is 51.4. The average Bonchev–Trinajstić information content (AvgIpc) is 3.69. The normalized spacial score (nSPS) is 29.3. The summed E-state index contributed by atoms with van der Waals surface area (Å²) in [5, 5.41) is 19.3. The van der Waals surface area contributed by atoms with E-state index in [1.165, 1.54) is 24.3 Å². The van der Waals surface area contributed by atoms with Crippen LogP contribution in [0.5, 0.6) is 5.75 Å². The first-order chi connectivity index (χ1) is 23.2. The molecule has 4 aliphatic rings. The Balaban J connectivity index is 1.34. The fourth-order valence-corrected chi connectivity index (χ4v) is 8.62. The lowest BCUT2D eigenvalue weighted by molar-refractivity contribution is -0.140. The van der Waals surface area contributed by atoms with Crippen molar-refractivity contribution in [3.05, 3.63) is 94.2 Å². The van der Waals surface area contributed by atoms with Gasteiger partial charge < -0.3 is 14.6 Å². The van der Waals surface area contributed by atoms with Crippen molar-refractivity contribution in [1.82, 2.24) is 4.90 Å². The van der Waals surface area contributed by atoms with Gasteiger partial charge in [-0.2, -0.15) is 0 Å². The third kappa shape index (κ3) is 4.46. The number of rotatable bonds is 6. The zero-order valence-corrected chi connectivity index (χ0v) is 26.4. The highest BCUT2D eigenvalue weighted by atomic mass is 35.5. The van der Waals surface area contributed by atoms with Crippen LogP contribution in [0.2, 0.25) is 0 Å². The van der Waals surface area contributed by atoms with Crippen molar-refractivity contribution in [1.29, 1.82) is 0 Å². The molecule has 3 heterocycles. The van der Waals surface area contributed by atoms with Crippen molar-refractivity contribution in [3.63, 3.8) is 0 Å². The Morgan fingerprint density at radius 1 is 0.837 bits per heavy atom. The number of fused-ring (bicyclic) bond motifs is 4. The second-order valence-electron chi connectivity index (χ2n) is 12.4. The van der Waals surface area contributed by atoms with Crippen LogP contribution in [0.3, 0.4) is 0 Å². The van der Waals surface area contributed by atoms with Gasteiger partial charge in [0.05, 0.1) is 17.8 Å². The maximum atomic E-state index is 15.1. The van der Waals surface area contributed by atoms with E-state index in [4.69, 9.17) is 27.6 Å². The van der Waals surface area contributed by atoms with Crippen LogP contribution in [0.4, 0.5) is 27.6 Å². The van der Waals surface area contributed by atoms with E-state index in [1.807, 2.05) is 0 Å². The highest BCUT2D eigenvalue weighted by Crippen LogP contribution is 2.66. The van der Waals surface area contributed by atoms with E-state index < -0.39 is 105 Å². The molecule has 7 rings (SSSR count). The molecule has 9 nitrogen and oxygen atoms in total. The van der Waals surface area contributed by atoms with Crippen LogP contribution in [-0.4, -0.2) is 55.0 Å². The summed E-state index contributed by atoms with van der Waals surface area (Å²) in [7, 11) is 0. The van der Waals surface area contributed by atoms with E-state index in [1.54, 1.807) is 18.2 Å². The number of halogens is 7. The number of hydrogen-bond acceptors (Lipinski definition) is 7. The molecule has 1 aromatic heterocycles. The van der Waals surface area contributed by atoms with Gasteiger partial charge in [-0.25, -0.2) is 26.9 Å². The standard InChI is InChI=1S/C33H23Cl2F5N2O7/c34-32-11-18-16(6-7-17-20(18)29(46)41(28(17)45)10-9-13-1-3-14(44)4-2-13)21(19-8-5-15(12-43)49-19)33(32,35)31(48)42(30(32)47)27-25(39)23(37)22(36)24(38)26(27)40/h1-6,8,17-18,20-21,43-44H,7,9-12H2. The molecule has 256 valence electrons. The minimum Gasteiger partial charge on any atom is -0.508 e. The Morgan fingerprint density at radius 2 is 1.47 bits per heavy atom. The molecule has 16 heteroatoms. The Kier molecular flexibility index (Phi) is 7.73. The molecule has 3 fully saturated rings. The molecule has 2 aromatic carbocycles. The quantitative estimate of drug-likeness (QED) is 0.0917. The number of nitrogens with zero attached hydrogens (tertiary/aromatic N) is 2. The van der Waals surface area contributed by atoms with Crippen LogP contribution in [0, 0.1) is 46.8 Å². The maximum Gasteiger partial charge on any atom is 0.258 e. The number of carbonyl (C=O) groups excluding carboxylic acids is 4. The van der Waals surface area contributed by atoms with Crippen LogP contribution in [0.1, 0.15) is 35.8 Å². The Labute approximate surface area is 283 Å². The van der Waals surface area contributed by atoms with Gasteiger partial charge in [-0.05, 0) is 55.0 Å². The zero-order valence-electron chi connectivity index (χ0n) is 24.9. The molecule has 2 aliphatic carbocycles. The smallest absolute Gasteiger partial charge is 0.258 e. The number of phenolic OH excluding ortho intramolecular Hbond substituents is 1. The number of carbonyl (C=O) groups is 4. The topological polar surface area (TPSA) is 128 Å². The summed E-state index contributed by atoms with van der Waals surface area (Å²) >= 11 is 14.1. The van der Waals surface area contributed by atoms with E-state index in [2.05, 4.69) is 0 Å². The number of phenols is 1. The minimum atomic E-state index is -2.71. The third-order valence-corrected chi connectivity index (χ3v) is 11.4. The summed E-state index contributed by atoms with van der Waals surface area (Å²) in [6.45, 7) is -0.649. The Hall–Kier alpha value is -4.27. The minimum absolute atomic E-state index is 0.0206. The Bertz CT molecular complexity index is 1980. The monoisotopic (exact) mass is 724 g/mol. The average molecular weight is 725 g/mol. The van der Waals surface area contributed by atoms with Crippen molar-refractivity contribution in [2.24, 2.45) is 17.8 Å². The summed E-state index contributed by atoms with van der Waals surface area (Å²) in [5.74, 6) is -21.5. The lowest BCUT2D eigenvalue weighted by atomic mass is 9.57. The van der Waals surface area contributed by atoms with Gasteiger partial charge in [-0.3, -0.25) is 24.1 Å². The van der Waals surface area contributed by atoms with Crippen molar-refractivity contribution in [3.8, 4) is 5.75 Å². The van der Waals surface area contributed by atoms with Gasteiger partial charge in [0.1, 0.15) is 29.6 Å². The number of likely N-dealkylation sites (tertiary alicyclic amines) is 1. The van der Waals surface area contributed by atoms with Gasteiger partial charge in [0.15, 0.2) is 33.0 Å². The molecule has 3 aromatic rings. The lowest BCUT2D eigenvalue weighted by Crippen LogP contribution is -2.60. The summed E-state index contributed by atoms with van der Waals surface area (Å²) < 4.78 is 78.6. The van der Waals surface area contributed by atoms with Crippen LogP contribution < -0.4 is 4.90 Å². The number of hydrogen-bond donors (Lipinski definition) is 2. The third-order valence-electron chi connectivity index (χ3n) is 10.00. The highest BCUT2D eigenvalue weighted by molar-refractivity contribution is 6.58. The molecule has 0 bridgehead atoms. The van der Waals surface area contributed by atoms with E-state index >= 15 is 8.78 Å². The van der Waals surface area contributed by atoms with Gasteiger partial charge in [0.25, 0.3) is 11.8 Å². The van der Waals surface area contributed by atoms with Crippen LogP contribution in [0.15, 0.2) is 52.5 Å². The number of aliphatic hydroxyl groups excluding tert-OH is 1. The number of allylic oxidation sites excluding steroid dienone is 2. The van der Waals surface area contributed by atoms with Gasteiger partial charge in [0.2, 0.25) is 17.6 Å². The number of benzene rings is 2. The number of amides is 4. The van der Waals surface area contributed by atoms with Crippen molar-refractivity contribution in [2.75, 3.05) is 11.4 Å². The van der Waals surface area contributed by atoms with Crippen LogP contribution >= 0.6 is 23.2 Å².